The molecule has 80 valence electrons. The Morgan fingerprint density at radius 1 is 1.00 bits per heavy atom. The molecule has 2 nitrogen and oxygen atoms in total. The summed E-state index contributed by atoms with van der Waals surface area (Å²) in [6.07, 6.45) is 0. The van der Waals surface area contributed by atoms with Gasteiger partial charge >= 0.3 is 0 Å². The second-order valence-corrected chi connectivity index (χ2v) is 2.82. The van der Waals surface area contributed by atoms with E-state index in [9.17, 15) is 0 Å². The molecule has 0 unspecified atom stereocenters. The van der Waals surface area contributed by atoms with Crippen LogP contribution in [0, 0.1) is 6.92 Å². The summed E-state index contributed by atoms with van der Waals surface area (Å²) in [5, 5.41) is 0. The average Bonchev–Trinajstić information content (AvgIpc) is 2.10. The third-order valence-corrected chi connectivity index (χ3v) is 1.70. The van der Waals surface area contributed by atoms with Crippen molar-refractivity contribution < 1.29 is 9.47 Å². The van der Waals surface area contributed by atoms with Crippen LogP contribution >= 0.6 is 0 Å². The number of hydrogen-bond donors (Lipinski definition) is 0. The Morgan fingerprint density at radius 3 is 2.14 bits per heavy atom. The lowest BCUT2D eigenvalue weighted by Crippen LogP contribution is -1.98. The molecule has 1 aromatic rings. The third-order valence-electron chi connectivity index (χ3n) is 1.70. The largest absolute Gasteiger partial charge is 0.490 e. The van der Waals surface area contributed by atoms with Crippen LogP contribution in [-0.2, 0) is 0 Å². The Hall–Kier alpha value is -1.18. The van der Waals surface area contributed by atoms with Crippen molar-refractivity contribution in [1.29, 1.82) is 0 Å². The summed E-state index contributed by atoms with van der Waals surface area (Å²) >= 11 is 0. The smallest absolute Gasteiger partial charge is 0.161 e. The minimum absolute atomic E-state index is 0. The maximum atomic E-state index is 5.45. The summed E-state index contributed by atoms with van der Waals surface area (Å²) in [7, 11) is 0. The fourth-order valence-corrected chi connectivity index (χ4v) is 1.16. The molecular formula is C12H20O2. The minimum Gasteiger partial charge on any atom is -0.490 e. The third kappa shape index (κ3) is 3.29. The zero-order valence-corrected chi connectivity index (χ0v) is 8.46. The van der Waals surface area contributed by atoms with E-state index in [0.717, 1.165) is 11.5 Å². The van der Waals surface area contributed by atoms with E-state index in [0.29, 0.717) is 13.2 Å². The Bertz CT molecular complexity index is 269. The lowest BCUT2D eigenvalue weighted by molar-refractivity contribution is 0.287. The molecule has 0 saturated carbocycles. The second-order valence-electron chi connectivity index (χ2n) is 2.82. The first-order valence-electron chi connectivity index (χ1n) is 4.64. The first-order chi connectivity index (χ1) is 6.27. The van der Waals surface area contributed by atoms with E-state index in [4.69, 9.17) is 9.47 Å². The summed E-state index contributed by atoms with van der Waals surface area (Å²) < 4.78 is 10.9. The number of benzene rings is 1. The van der Waals surface area contributed by atoms with Crippen LogP contribution in [0.2, 0.25) is 0 Å². The summed E-state index contributed by atoms with van der Waals surface area (Å²) in [6.45, 7) is 7.32. The summed E-state index contributed by atoms with van der Waals surface area (Å²) in [5.41, 5.74) is 1.19. The molecule has 1 rings (SSSR count). The first kappa shape index (κ1) is 12.8. The molecular weight excluding hydrogens is 176 g/mol. The van der Waals surface area contributed by atoms with E-state index in [1.54, 1.807) is 0 Å². The van der Waals surface area contributed by atoms with Crippen LogP contribution in [0.25, 0.3) is 0 Å². The van der Waals surface area contributed by atoms with Gasteiger partial charge in [0.05, 0.1) is 13.2 Å². The van der Waals surface area contributed by atoms with Gasteiger partial charge in [0.25, 0.3) is 0 Å². The number of ether oxygens (including phenoxy) is 2. The van der Waals surface area contributed by atoms with Gasteiger partial charge in [-0.1, -0.05) is 13.5 Å². The van der Waals surface area contributed by atoms with Crippen molar-refractivity contribution in [3.63, 3.8) is 0 Å². The molecule has 0 bridgehead atoms. The van der Waals surface area contributed by atoms with E-state index >= 15 is 0 Å². The van der Waals surface area contributed by atoms with Gasteiger partial charge in [0.2, 0.25) is 0 Å². The monoisotopic (exact) mass is 196 g/mol. The molecule has 0 atom stereocenters. The minimum atomic E-state index is 0. The van der Waals surface area contributed by atoms with Crippen molar-refractivity contribution in [3.8, 4) is 11.5 Å². The number of rotatable bonds is 4. The van der Waals surface area contributed by atoms with Crippen molar-refractivity contribution in [2.24, 2.45) is 0 Å². The van der Waals surface area contributed by atoms with Gasteiger partial charge in [0.15, 0.2) is 11.5 Å². The highest BCUT2D eigenvalue weighted by Crippen LogP contribution is 2.27. The Morgan fingerprint density at radius 2 is 1.57 bits per heavy atom. The summed E-state index contributed by atoms with van der Waals surface area (Å²) in [6, 6.07) is 5.96. The lowest BCUT2D eigenvalue weighted by Gasteiger charge is -2.10. The summed E-state index contributed by atoms with van der Waals surface area (Å²) in [5.74, 6) is 1.67. The molecule has 0 N–H and O–H groups in total. The van der Waals surface area contributed by atoms with Gasteiger partial charge in [-0.3, -0.25) is 0 Å². The average molecular weight is 196 g/mol. The second kappa shape index (κ2) is 6.30. The van der Waals surface area contributed by atoms with Crippen LogP contribution in [0.5, 0.6) is 11.5 Å². The fourth-order valence-electron chi connectivity index (χ4n) is 1.16. The quantitative estimate of drug-likeness (QED) is 0.734. The molecule has 0 heterocycles. The Labute approximate surface area is 86.9 Å². The molecule has 0 aliphatic heterocycles. The van der Waals surface area contributed by atoms with Crippen molar-refractivity contribution in [2.45, 2.75) is 28.2 Å². The maximum absolute atomic E-state index is 5.45. The molecule has 0 aliphatic carbocycles. The predicted octanol–water partition coefficient (Wildman–Crippen LogP) is 3.43. The van der Waals surface area contributed by atoms with Crippen molar-refractivity contribution in [3.05, 3.63) is 23.8 Å². The van der Waals surface area contributed by atoms with E-state index in [2.05, 4.69) is 0 Å². The van der Waals surface area contributed by atoms with Crippen LogP contribution in [0.3, 0.4) is 0 Å². The van der Waals surface area contributed by atoms with Crippen LogP contribution < -0.4 is 9.47 Å². The normalized spacial score (nSPS) is 9.07. The zero-order valence-electron chi connectivity index (χ0n) is 8.46. The van der Waals surface area contributed by atoms with Gasteiger partial charge in [0, 0.05) is 0 Å². The number of aryl methyl sites for hydroxylation is 1. The summed E-state index contributed by atoms with van der Waals surface area (Å²) in [4.78, 5) is 0. The lowest BCUT2D eigenvalue weighted by atomic mass is 10.2. The Balaban J connectivity index is 0.00000169. The standard InChI is InChI=1S/C11H16O2.CH4/c1-4-12-10-7-6-9(3)8-11(10)13-5-2;/h6-8H,4-5H2,1-3H3;1H4. The van der Waals surface area contributed by atoms with Gasteiger partial charge in [-0.05, 0) is 38.5 Å². The van der Waals surface area contributed by atoms with Crippen LogP contribution in [-0.4, -0.2) is 13.2 Å². The molecule has 0 radical (unpaired) electrons. The van der Waals surface area contributed by atoms with Gasteiger partial charge in [-0.25, -0.2) is 0 Å². The highest BCUT2D eigenvalue weighted by atomic mass is 16.5. The highest BCUT2D eigenvalue weighted by Gasteiger charge is 2.03. The maximum Gasteiger partial charge on any atom is 0.161 e. The molecule has 0 amide bonds. The highest BCUT2D eigenvalue weighted by molar-refractivity contribution is 5.42. The van der Waals surface area contributed by atoms with Crippen LogP contribution in [0.1, 0.15) is 26.8 Å². The topological polar surface area (TPSA) is 18.5 Å². The SMILES string of the molecule is C.CCOc1ccc(C)cc1OCC. The molecule has 2 heteroatoms. The van der Waals surface area contributed by atoms with Gasteiger partial charge in [-0.2, -0.15) is 0 Å². The van der Waals surface area contributed by atoms with Crippen molar-refractivity contribution in [1.82, 2.24) is 0 Å². The van der Waals surface area contributed by atoms with E-state index in [1.165, 1.54) is 5.56 Å². The van der Waals surface area contributed by atoms with E-state index in [-0.39, 0.29) is 7.43 Å². The van der Waals surface area contributed by atoms with Gasteiger partial charge in [0.1, 0.15) is 0 Å². The Kier molecular flexibility index (Phi) is 5.77. The zero-order chi connectivity index (χ0) is 9.68. The van der Waals surface area contributed by atoms with Crippen molar-refractivity contribution in [2.75, 3.05) is 13.2 Å². The predicted molar refractivity (Wildman–Crippen MR) is 60.2 cm³/mol. The van der Waals surface area contributed by atoms with Crippen molar-refractivity contribution >= 4 is 0 Å². The van der Waals surface area contributed by atoms with Crippen LogP contribution in [0.4, 0.5) is 0 Å². The molecule has 1 aromatic carbocycles. The molecule has 0 aromatic heterocycles. The molecule has 0 aliphatic rings. The number of hydrogen-bond acceptors (Lipinski definition) is 2. The van der Waals surface area contributed by atoms with Crippen LogP contribution in [0.15, 0.2) is 18.2 Å². The molecule has 0 saturated heterocycles. The molecule has 14 heavy (non-hydrogen) atoms. The van der Waals surface area contributed by atoms with E-state index in [1.807, 2.05) is 39.0 Å². The van der Waals surface area contributed by atoms with E-state index < -0.39 is 0 Å². The fraction of sp³-hybridized carbons (Fsp3) is 0.500. The molecule has 0 fully saturated rings. The molecule has 0 spiro atoms. The van der Waals surface area contributed by atoms with Gasteiger partial charge in [-0.15, -0.1) is 0 Å². The van der Waals surface area contributed by atoms with Gasteiger partial charge < -0.3 is 9.47 Å². The first-order valence-corrected chi connectivity index (χ1v) is 4.64.